The van der Waals surface area contributed by atoms with Gasteiger partial charge < -0.3 is 9.47 Å². The molecule has 90 valence electrons. The maximum atomic E-state index is 11.5. The Morgan fingerprint density at radius 3 is 2.38 bits per heavy atom. The van der Waals surface area contributed by atoms with Crippen molar-refractivity contribution in [2.75, 3.05) is 11.5 Å². The van der Waals surface area contributed by atoms with E-state index in [-0.39, 0.29) is 5.57 Å². The van der Waals surface area contributed by atoms with Crippen LogP contribution in [0.1, 0.15) is 20.3 Å². The normalized spacial score (nSPS) is 19.1. The van der Waals surface area contributed by atoms with Gasteiger partial charge in [-0.3, -0.25) is 0 Å². The van der Waals surface area contributed by atoms with Crippen LogP contribution in [0.25, 0.3) is 0 Å². The van der Waals surface area contributed by atoms with Crippen LogP contribution < -0.4 is 0 Å². The number of esters is 2. The average Bonchev–Trinajstić information content (AvgIpc) is 2.13. The van der Waals surface area contributed by atoms with E-state index >= 15 is 0 Å². The van der Waals surface area contributed by atoms with Crippen LogP contribution in [0, 0.1) is 0 Å². The van der Waals surface area contributed by atoms with Gasteiger partial charge in [0.1, 0.15) is 0 Å². The predicted octanol–water partition coefficient (Wildman–Crippen LogP) is 1.76. The number of hydrogen-bond donors (Lipinski definition) is 1. The molecule has 0 atom stereocenters. The van der Waals surface area contributed by atoms with Gasteiger partial charge in [0.05, 0.1) is 0 Å². The van der Waals surface area contributed by atoms with Crippen LogP contribution in [-0.4, -0.2) is 29.2 Å². The van der Waals surface area contributed by atoms with Crippen molar-refractivity contribution in [1.82, 2.24) is 0 Å². The lowest BCUT2D eigenvalue weighted by Gasteiger charge is -2.29. The van der Waals surface area contributed by atoms with Gasteiger partial charge in [0.2, 0.25) is 0 Å². The summed E-state index contributed by atoms with van der Waals surface area (Å²) in [6, 6.07) is 0. The summed E-state index contributed by atoms with van der Waals surface area (Å²) in [6.07, 6.45) is 0.910. The Morgan fingerprint density at radius 1 is 1.31 bits per heavy atom. The molecule has 0 amide bonds. The Balaban J connectivity index is 2.60. The first-order valence-corrected chi connectivity index (χ1v) is 6.54. The van der Waals surface area contributed by atoms with E-state index in [1.807, 2.05) is 0 Å². The minimum absolute atomic E-state index is 0.0384. The molecule has 1 rings (SSSR count). The van der Waals surface area contributed by atoms with Crippen molar-refractivity contribution in [2.24, 2.45) is 0 Å². The van der Waals surface area contributed by atoms with E-state index in [9.17, 15) is 9.59 Å². The van der Waals surface area contributed by atoms with E-state index in [0.717, 1.165) is 17.9 Å². The number of rotatable bonds is 4. The van der Waals surface area contributed by atoms with Crippen molar-refractivity contribution < 1.29 is 19.1 Å². The SMILES string of the molecule is CC1(C)OC(=O)C(=CSCCCS)C(=O)O1. The van der Waals surface area contributed by atoms with Gasteiger partial charge in [-0.05, 0) is 23.3 Å². The van der Waals surface area contributed by atoms with Crippen molar-refractivity contribution in [2.45, 2.75) is 26.1 Å². The molecule has 0 spiro atoms. The van der Waals surface area contributed by atoms with Crippen LogP contribution in [0.3, 0.4) is 0 Å². The third-order valence-electron chi connectivity index (χ3n) is 1.74. The van der Waals surface area contributed by atoms with Gasteiger partial charge in [-0.2, -0.15) is 12.6 Å². The first kappa shape index (κ1) is 13.4. The highest BCUT2D eigenvalue weighted by Crippen LogP contribution is 2.24. The van der Waals surface area contributed by atoms with E-state index in [4.69, 9.17) is 9.47 Å². The van der Waals surface area contributed by atoms with Gasteiger partial charge in [-0.15, -0.1) is 11.8 Å². The third-order valence-corrected chi connectivity index (χ3v) is 2.98. The number of carbonyl (C=O) groups is 2. The molecule has 1 aliphatic heterocycles. The second kappa shape index (κ2) is 5.63. The zero-order chi connectivity index (χ0) is 12.2. The number of ether oxygens (including phenoxy) is 2. The molecule has 0 aromatic heterocycles. The van der Waals surface area contributed by atoms with Crippen LogP contribution in [0.5, 0.6) is 0 Å². The van der Waals surface area contributed by atoms with E-state index in [1.54, 1.807) is 0 Å². The first-order chi connectivity index (χ1) is 7.46. The van der Waals surface area contributed by atoms with Gasteiger partial charge in [-0.25, -0.2) is 9.59 Å². The molecule has 0 radical (unpaired) electrons. The summed E-state index contributed by atoms with van der Waals surface area (Å²) in [5.41, 5.74) is -0.0384. The van der Waals surface area contributed by atoms with Crippen molar-refractivity contribution in [1.29, 1.82) is 0 Å². The quantitative estimate of drug-likeness (QED) is 0.275. The van der Waals surface area contributed by atoms with Crippen LogP contribution in [-0.2, 0) is 19.1 Å². The highest BCUT2D eigenvalue weighted by molar-refractivity contribution is 8.02. The zero-order valence-electron chi connectivity index (χ0n) is 9.19. The topological polar surface area (TPSA) is 52.6 Å². The summed E-state index contributed by atoms with van der Waals surface area (Å²) in [4.78, 5) is 22.9. The lowest BCUT2D eigenvalue weighted by atomic mass is 10.2. The summed E-state index contributed by atoms with van der Waals surface area (Å²) >= 11 is 5.44. The van der Waals surface area contributed by atoms with E-state index < -0.39 is 17.7 Å². The van der Waals surface area contributed by atoms with Crippen LogP contribution in [0.4, 0.5) is 0 Å². The second-order valence-electron chi connectivity index (χ2n) is 3.66. The summed E-state index contributed by atoms with van der Waals surface area (Å²) in [5, 5.41) is 1.49. The molecule has 4 nitrogen and oxygen atoms in total. The molecular weight excluding hydrogens is 248 g/mol. The molecule has 6 heteroatoms. The maximum absolute atomic E-state index is 11.5. The molecular formula is C10H14O4S2. The highest BCUT2D eigenvalue weighted by atomic mass is 32.2. The largest absolute Gasteiger partial charge is 0.419 e. The fourth-order valence-electron chi connectivity index (χ4n) is 1.05. The number of cyclic esters (lactones) is 2. The van der Waals surface area contributed by atoms with Crippen LogP contribution in [0.2, 0.25) is 0 Å². The molecule has 0 unspecified atom stereocenters. The predicted molar refractivity (Wildman–Crippen MR) is 65.3 cm³/mol. The molecule has 0 aliphatic carbocycles. The molecule has 0 bridgehead atoms. The summed E-state index contributed by atoms with van der Waals surface area (Å²) < 4.78 is 9.87. The fraction of sp³-hybridized carbons (Fsp3) is 0.600. The Labute approximate surface area is 104 Å². The standard InChI is InChI=1S/C10H14O4S2/c1-10(2)13-8(11)7(9(12)14-10)6-16-5-3-4-15/h6,15H,3-5H2,1-2H3. The number of carbonyl (C=O) groups excluding carboxylic acids is 2. The third kappa shape index (κ3) is 3.75. The Kier molecular flexibility index (Phi) is 4.73. The maximum Gasteiger partial charge on any atom is 0.349 e. The molecule has 0 aromatic rings. The first-order valence-electron chi connectivity index (χ1n) is 4.85. The Hall–Kier alpha value is -0.620. The molecule has 1 fully saturated rings. The van der Waals surface area contributed by atoms with Gasteiger partial charge in [0.25, 0.3) is 5.79 Å². The molecule has 1 heterocycles. The Bertz CT molecular complexity index is 301. The van der Waals surface area contributed by atoms with E-state index in [0.29, 0.717) is 0 Å². The summed E-state index contributed by atoms with van der Waals surface area (Å²) in [5.74, 6) is -0.838. The molecule has 1 aliphatic rings. The van der Waals surface area contributed by atoms with Crippen molar-refractivity contribution >= 4 is 36.3 Å². The molecule has 0 saturated carbocycles. The molecule has 0 N–H and O–H groups in total. The van der Waals surface area contributed by atoms with Crippen LogP contribution >= 0.6 is 24.4 Å². The van der Waals surface area contributed by atoms with Crippen molar-refractivity contribution in [3.63, 3.8) is 0 Å². The minimum atomic E-state index is -1.17. The number of thioether (sulfide) groups is 1. The minimum Gasteiger partial charge on any atom is -0.419 e. The molecule has 1 saturated heterocycles. The number of hydrogen-bond acceptors (Lipinski definition) is 6. The monoisotopic (exact) mass is 262 g/mol. The summed E-state index contributed by atoms with van der Waals surface area (Å²) in [6.45, 7) is 3.04. The number of thiol groups is 1. The average molecular weight is 262 g/mol. The highest BCUT2D eigenvalue weighted by Gasteiger charge is 2.38. The molecule has 16 heavy (non-hydrogen) atoms. The lowest BCUT2D eigenvalue weighted by Crippen LogP contribution is -2.41. The van der Waals surface area contributed by atoms with Gasteiger partial charge in [0.15, 0.2) is 5.57 Å². The molecule has 0 aromatic carbocycles. The van der Waals surface area contributed by atoms with E-state index in [1.165, 1.54) is 31.0 Å². The Morgan fingerprint density at radius 2 is 1.88 bits per heavy atom. The summed E-state index contributed by atoms with van der Waals surface area (Å²) in [7, 11) is 0. The van der Waals surface area contributed by atoms with Crippen molar-refractivity contribution in [3.05, 3.63) is 11.0 Å². The van der Waals surface area contributed by atoms with Gasteiger partial charge >= 0.3 is 11.9 Å². The van der Waals surface area contributed by atoms with Crippen LogP contribution in [0.15, 0.2) is 11.0 Å². The smallest absolute Gasteiger partial charge is 0.349 e. The van der Waals surface area contributed by atoms with Gasteiger partial charge in [-0.1, -0.05) is 0 Å². The fourth-order valence-corrected chi connectivity index (χ4v) is 2.21. The zero-order valence-corrected chi connectivity index (χ0v) is 10.9. The lowest BCUT2D eigenvalue weighted by molar-refractivity contribution is -0.222. The second-order valence-corrected chi connectivity index (χ2v) is 5.08. The van der Waals surface area contributed by atoms with E-state index in [2.05, 4.69) is 12.6 Å². The van der Waals surface area contributed by atoms with Crippen molar-refractivity contribution in [3.8, 4) is 0 Å². The van der Waals surface area contributed by atoms with Gasteiger partial charge in [0, 0.05) is 13.8 Å².